The zero-order chi connectivity index (χ0) is 19.0. The summed E-state index contributed by atoms with van der Waals surface area (Å²) in [5.41, 5.74) is 12.0. The van der Waals surface area contributed by atoms with E-state index in [1.165, 1.54) is 0 Å². The summed E-state index contributed by atoms with van der Waals surface area (Å²) in [7, 11) is 1.98. The second-order valence-electron chi connectivity index (χ2n) is 7.15. The molecule has 0 amide bonds. The fourth-order valence-electron chi connectivity index (χ4n) is 3.78. The Morgan fingerprint density at radius 3 is 2.33 bits per heavy atom. The SMILES string of the molecule is Cc1cc(C2(c3cccc(-c4cccnc4)c3)CN(C)C(N)=N2)cc(C)n1. The molecule has 1 atom stereocenters. The largest absolute Gasteiger partial charge is 0.370 e. The number of likely N-dealkylation sites (N-methyl/N-ethyl adjacent to an activating group) is 1. The number of pyridine rings is 2. The van der Waals surface area contributed by atoms with Gasteiger partial charge in [0, 0.05) is 30.8 Å². The average molecular weight is 357 g/mol. The van der Waals surface area contributed by atoms with Crippen LogP contribution in [0.15, 0.2) is 65.9 Å². The summed E-state index contributed by atoms with van der Waals surface area (Å²) in [6, 6.07) is 16.7. The molecule has 5 heteroatoms. The third-order valence-corrected chi connectivity index (χ3v) is 5.06. The van der Waals surface area contributed by atoms with Crippen molar-refractivity contribution in [1.82, 2.24) is 14.9 Å². The predicted molar refractivity (Wildman–Crippen MR) is 108 cm³/mol. The third-order valence-electron chi connectivity index (χ3n) is 5.06. The topological polar surface area (TPSA) is 67.4 Å². The van der Waals surface area contributed by atoms with Crippen LogP contribution in [0.2, 0.25) is 0 Å². The number of hydrogen-bond donors (Lipinski definition) is 1. The Balaban J connectivity index is 1.91. The molecule has 1 unspecified atom stereocenters. The van der Waals surface area contributed by atoms with Crippen LogP contribution in [-0.2, 0) is 5.54 Å². The Labute approximate surface area is 159 Å². The van der Waals surface area contributed by atoms with Crippen LogP contribution in [0.3, 0.4) is 0 Å². The zero-order valence-electron chi connectivity index (χ0n) is 15.8. The van der Waals surface area contributed by atoms with Gasteiger partial charge < -0.3 is 10.6 Å². The lowest BCUT2D eigenvalue weighted by molar-refractivity contribution is 0.432. The maximum atomic E-state index is 6.20. The van der Waals surface area contributed by atoms with E-state index in [0.717, 1.165) is 33.6 Å². The second kappa shape index (κ2) is 6.50. The van der Waals surface area contributed by atoms with E-state index < -0.39 is 5.54 Å². The molecule has 3 aromatic rings. The van der Waals surface area contributed by atoms with Crippen molar-refractivity contribution in [2.75, 3.05) is 13.6 Å². The first-order valence-corrected chi connectivity index (χ1v) is 9.01. The highest BCUT2D eigenvalue weighted by molar-refractivity contribution is 5.82. The molecule has 0 bridgehead atoms. The Kier molecular flexibility index (Phi) is 4.15. The summed E-state index contributed by atoms with van der Waals surface area (Å²) in [4.78, 5) is 15.7. The fraction of sp³-hybridized carbons (Fsp3) is 0.227. The minimum atomic E-state index is -0.546. The smallest absolute Gasteiger partial charge is 0.192 e. The predicted octanol–water partition coefficient (Wildman–Crippen LogP) is 3.26. The molecule has 2 aromatic heterocycles. The number of aryl methyl sites for hydroxylation is 2. The number of hydrogen-bond acceptors (Lipinski definition) is 5. The first-order valence-electron chi connectivity index (χ1n) is 9.01. The van der Waals surface area contributed by atoms with Crippen LogP contribution in [0.5, 0.6) is 0 Å². The molecular formula is C22H23N5. The molecule has 5 nitrogen and oxygen atoms in total. The van der Waals surface area contributed by atoms with Crippen LogP contribution in [0, 0.1) is 13.8 Å². The number of nitrogens with zero attached hydrogens (tertiary/aromatic N) is 4. The zero-order valence-corrected chi connectivity index (χ0v) is 15.8. The van der Waals surface area contributed by atoms with Gasteiger partial charge in [-0.15, -0.1) is 0 Å². The highest BCUT2D eigenvalue weighted by Crippen LogP contribution is 2.39. The van der Waals surface area contributed by atoms with Crippen LogP contribution in [0.25, 0.3) is 11.1 Å². The Morgan fingerprint density at radius 1 is 0.963 bits per heavy atom. The molecule has 0 saturated carbocycles. The van der Waals surface area contributed by atoms with Crippen LogP contribution in [0.4, 0.5) is 0 Å². The van der Waals surface area contributed by atoms with Crippen LogP contribution in [0.1, 0.15) is 22.5 Å². The lowest BCUT2D eigenvalue weighted by atomic mass is 9.82. The van der Waals surface area contributed by atoms with Gasteiger partial charge in [-0.3, -0.25) is 9.97 Å². The normalized spacial score (nSPS) is 19.2. The van der Waals surface area contributed by atoms with Gasteiger partial charge in [0.15, 0.2) is 5.96 Å². The molecule has 1 aromatic carbocycles. The molecule has 136 valence electrons. The number of aromatic nitrogens is 2. The number of aliphatic imine (C=N–C) groups is 1. The quantitative estimate of drug-likeness (QED) is 0.781. The molecule has 27 heavy (non-hydrogen) atoms. The minimum absolute atomic E-state index is 0.546. The van der Waals surface area contributed by atoms with Crippen LogP contribution in [-0.4, -0.2) is 34.4 Å². The molecule has 4 rings (SSSR count). The molecule has 1 aliphatic heterocycles. The first-order chi connectivity index (χ1) is 13.0. The number of benzene rings is 1. The van der Waals surface area contributed by atoms with E-state index in [4.69, 9.17) is 10.7 Å². The Bertz CT molecular complexity index is 992. The monoisotopic (exact) mass is 357 g/mol. The minimum Gasteiger partial charge on any atom is -0.370 e. The average Bonchev–Trinajstić information content (AvgIpc) is 2.98. The highest BCUT2D eigenvalue weighted by Gasteiger charge is 2.41. The van der Waals surface area contributed by atoms with Gasteiger partial charge in [-0.05, 0) is 60.4 Å². The van der Waals surface area contributed by atoms with E-state index in [1.54, 1.807) is 6.20 Å². The summed E-state index contributed by atoms with van der Waals surface area (Å²) in [5.74, 6) is 0.550. The van der Waals surface area contributed by atoms with Crippen molar-refractivity contribution >= 4 is 5.96 Å². The van der Waals surface area contributed by atoms with Gasteiger partial charge in [-0.25, -0.2) is 4.99 Å². The number of nitrogens with two attached hydrogens (primary N) is 1. The second-order valence-corrected chi connectivity index (χ2v) is 7.15. The fourth-order valence-corrected chi connectivity index (χ4v) is 3.78. The lowest BCUT2D eigenvalue weighted by Crippen LogP contribution is -2.35. The van der Waals surface area contributed by atoms with E-state index in [2.05, 4.69) is 52.4 Å². The van der Waals surface area contributed by atoms with Gasteiger partial charge in [0.05, 0.1) is 6.54 Å². The highest BCUT2D eigenvalue weighted by atomic mass is 15.3. The van der Waals surface area contributed by atoms with E-state index in [9.17, 15) is 0 Å². The van der Waals surface area contributed by atoms with Crippen LogP contribution < -0.4 is 5.73 Å². The standard InChI is InChI=1S/C22H23N5/c1-15-10-20(11-16(2)25-15)22(14-27(3)21(23)26-22)19-8-4-6-17(12-19)18-7-5-9-24-13-18/h4-13H,14H2,1-3H3,(H2,23,26). The van der Waals surface area contributed by atoms with Crippen LogP contribution >= 0.6 is 0 Å². The van der Waals surface area contributed by atoms with Crippen molar-refractivity contribution in [1.29, 1.82) is 0 Å². The molecule has 3 heterocycles. The Hall–Kier alpha value is -3.21. The van der Waals surface area contributed by atoms with Crippen molar-refractivity contribution in [3.8, 4) is 11.1 Å². The van der Waals surface area contributed by atoms with Crippen molar-refractivity contribution in [2.24, 2.45) is 10.7 Å². The molecule has 1 aliphatic rings. The molecule has 0 aliphatic carbocycles. The maximum absolute atomic E-state index is 6.20. The lowest BCUT2D eigenvalue weighted by Gasteiger charge is -2.29. The molecule has 2 N–H and O–H groups in total. The molecule has 0 radical (unpaired) electrons. The molecule has 0 fully saturated rings. The summed E-state index contributed by atoms with van der Waals surface area (Å²) < 4.78 is 0. The van der Waals surface area contributed by atoms with Crippen molar-refractivity contribution in [3.05, 3.63) is 83.4 Å². The number of guanidine groups is 1. The number of rotatable bonds is 3. The van der Waals surface area contributed by atoms with Crippen molar-refractivity contribution in [3.63, 3.8) is 0 Å². The van der Waals surface area contributed by atoms with Gasteiger partial charge in [0.2, 0.25) is 0 Å². The summed E-state index contributed by atoms with van der Waals surface area (Å²) in [6.45, 7) is 4.72. The van der Waals surface area contributed by atoms with E-state index in [1.807, 2.05) is 38.1 Å². The third kappa shape index (κ3) is 3.05. The van der Waals surface area contributed by atoms with Gasteiger partial charge in [0.25, 0.3) is 0 Å². The summed E-state index contributed by atoms with van der Waals surface area (Å²) in [6.07, 6.45) is 3.67. The molecular weight excluding hydrogens is 334 g/mol. The first kappa shape index (κ1) is 17.2. The van der Waals surface area contributed by atoms with Gasteiger partial charge >= 0.3 is 0 Å². The summed E-state index contributed by atoms with van der Waals surface area (Å²) >= 11 is 0. The van der Waals surface area contributed by atoms with Gasteiger partial charge in [-0.2, -0.15) is 0 Å². The van der Waals surface area contributed by atoms with Crippen molar-refractivity contribution < 1.29 is 0 Å². The van der Waals surface area contributed by atoms with E-state index in [0.29, 0.717) is 12.5 Å². The Morgan fingerprint density at radius 2 is 1.70 bits per heavy atom. The maximum Gasteiger partial charge on any atom is 0.192 e. The van der Waals surface area contributed by atoms with Gasteiger partial charge in [-0.1, -0.05) is 24.3 Å². The molecule has 0 spiro atoms. The van der Waals surface area contributed by atoms with Crippen molar-refractivity contribution in [2.45, 2.75) is 19.4 Å². The van der Waals surface area contributed by atoms with Gasteiger partial charge in [0.1, 0.15) is 5.54 Å². The summed E-state index contributed by atoms with van der Waals surface area (Å²) in [5, 5.41) is 0. The van der Waals surface area contributed by atoms with E-state index in [-0.39, 0.29) is 0 Å². The van der Waals surface area contributed by atoms with E-state index >= 15 is 0 Å². The molecule has 0 saturated heterocycles.